The molecule has 0 aliphatic carbocycles. The van der Waals surface area contributed by atoms with E-state index < -0.39 is 5.56 Å². The zero-order valence-electron chi connectivity index (χ0n) is 17.4. The molecule has 3 aromatic heterocycles. The summed E-state index contributed by atoms with van der Waals surface area (Å²) in [5, 5.41) is 24.3. The minimum atomic E-state index is -0.397. The van der Waals surface area contributed by atoms with Crippen LogP contribution in [0.3, 0.4) is 0 Å². The van der Waals surface area contributed by atoms with Crippen LogP contribution in [0.25, 0.3) is 33.1 Å². The van der Waals surface area contributed by atoms with Gasteiger partial charge in [0.15, 0.2) is 5.82 Å². The molecule has 0 atom stereocenters. The summed E-state index contributed by atoms with van der Waals surface area (Å²) in [5.41, 5.74) is 2.05. The van der Waals surface area contributed by atoms with Crippen LogP contribution >= 0.6 is 11.6 Å². The Balaban J connectivity index is 1.62. The van der Waals surface area contributed by atoms with Gasteiger partial charge in [-0.3, -0.25) is 4.79 Å². The lowest BCUT2D eigenvalue weighted by Gasteiger charge is -2.14. The Morgan fingerprint density at radius 2 is 1.68 bits per heavy atom. The first-order valence-electron chi connectivity index (χ1n) is 10.3. The van der Waals surface area contributed by atoms with E-state index >= 15 is 0 Å². The number of hydrogen-bond donors (Lipinski definition) is 1. The molecule has 164 valence electrons. The Bertz CT molecular complexity index is 1820. The first-order chi connectivity index (χ1) is 16.6. The summed E-state index contributed by atoms with van der Waals surface area (Å²) in [4.78, 5) is 22.4. The number of aromatic hydroxyl groups is 1. The van der Waals surface area contributed by atoms with Crippen LogP contribution in [0.2, 0.25) is 5.02 Å². The zero-order chi connectivity index (χ0) is 23.2. The predicted octanol–water partition coefficient (Wildman–Crippen LogP) is 4.09. The zero-order valence-corrected chi connectivity index (χ0v) is 18.1. The average Bonchev–Trinajstić information content (AvgIpc) is 3.36. The molecule has 3 heterocycles. The summed E-state index contributed by atoms with van der Waals surface area (Å²) in [5.74, 6) is -0.0281. The molecule has 0 aliphatic rings. The summed E-state index contributed by atoms with van der Waals surface area (Å²) in [6.45, 7) is 0. The number of fused-ring (bicyclic) bond motifs is 4. The minimum Gasteiger partial charge on any atom is -0.494 e. The molecular formula is C24H14ClN7O2. The molecule has 0 aliphatic heterocycles. The summed E-state index contributed by atoms with van der Waals surface area (Å²) < 4.78 is 2.73. The fraction of sp³-hybridized carbons (Fsp3) is 0. The Morgan fingerprint density at radius 3 is 2.53 bits per heavy atom. The van der Waals surface area contributed by atoms with Crippen molar-refractivity contribution in [2.75, 3.05) is 0 Å². The smallest absolute Gasteiger partial charge is 0.265 e. The number of halogens is 1. The highest BCUT2D eigenvalue weighted by atomic mass is 35.5. The van der Waals surface area contributed by atoms with E-state index in [1.165, 1.54) is 10.8 Å². The van der Waals surface area contributed by atoms with E-state index in [0.717, 1.165) is 5.52 Å². The first-order valence-corrected chi connectivity index (χ1v) is 10.6. The molecule has 0 saturated heterocycles. The lowest BCUT2D eigenvalue weighted by molar-refractivity contribution is 0.436. The molecule has 0 unspecified atom stereocenters. The van der Waals surface area contributed by atoms with Gasteiger partial charge >= 0.3 is 0 Å². The van der Waals surface area contributed by atoms with Crippen LogP contribution in [0, 0.1) is 0 Å². The molecule has 34 heavy (non-hydrogen) atoms. The maximum Gasteiger partial charge on any atom is 0.265 e. The molecule has 0 radical (unpaired) electrons. The normalized spacial score (nSPS) is 11.8. The standard InChI is InChI=1S/C24H14ClN7O2/c25-17-9-3-5-11-19(17)31-23(33)15-8-2-1-7-14(15)16(24(31)34)13-26-21-22-28-29-30-32(22)20-12-6-4-10-18(20)27-21/h1-13,34H. The van der Waals surface area contributed by atoms with E-state index in [1.807, 2.05) is 24.3 Å². The molecule has 9 nitrogen and oxygen atoms in total. The number of aliphatic imine (C=N–C) groups is 1. The highest BCUT2D eigenvalue weighted by Gasteiger charge is 2.18. The maximum absolute atomic E-state index is 13.3. The Labute approximate surface area is 196 Å². The van der Waals surface area contributed by atoms with Crippen LogP contribution in [0.5, 0.6) is 5.88 Å². The van der Waals surface area contributed by atoms with E-state index in [-0.39, 0.29) is 11.7 Å². The molecular weight excluding hydrogens is 454 g/mol. The van der Waals surface area contributed by atoms with Crippen molar-refractivity contribution in [2.45, 2.75) is 0 Å². The van der Waals surface area contributed by atoms with Crippen molar-refractivity contribution in [3.8, 4) is 11.6 Å². The van der Waals surface area contributed by atoms with E-state index in [9.17, 15) is 9.90 Å². The van der Waals surface area contributed by atoms with Gasteiger partial charge in [-0.25, -0.2) is 14.5 Å². The molecule has 6 aromatic rings. The van der Waals surface area contributed by atoms with E-state index in [4.69, 9.17) is 11.6 Å². The third-order valence-electron chi connectivity index (χ3n) is 5.52. The fourth-order valence-electron chi connectivity index (χ4n) is 3.95. The largest absolute Gasteiger partial charge is 0.494 e. The van der Waals surface area contributed by atoms with Crippen LogP contribution in [-0.2, 0) is 0 Å². The van der Waals surface area contributed by atoms with Gasteiger partial charge in [-0.1, -0.05) is 54.1 Å². The molecule has 0 amide bonds. The molecule has 0 fully saturated rings. The molecule has 1 N–H and O–H groups in total. The van der Waals surface area contributed by atoms with E-state index in [2.05, 4.69) is 25.5 Å². The molecule has 10 heteroatoms. The van der Waals surface area contributed by atoms with Crippen LogP contribution in [0.1, 0.15) is 5.56 Å². The van der Waals surface area contributed by atoms with Crippen LogP contribution < -0.4 is 5.56 Å². The molecule has 0 spiro atoms. The number of para-hydroxylation sites is 3. The summed E-state index contributed by atoms with van der Waals surface area (Å²) in [6.07, 6.45) is 1.45. The number of nitrogens with zero attached hydrogens (tertiary/aromatic N) is 7. The lowest BCUT2D eigenvalue weighted by Crippen LogP contribution is -2.20. The number of aromatic nitrogens is 6. The number of tetrazole rings is 1. The van der Waals surface area contributed by atoms with Crippen molar-refractivity contribution >= 4 is 51.1 Å². The number of benzene rings is 3. The molecule has 6 rings (SSSR count). The van der Waals surface area contributed by atoms with Gasteiger partial charge in [0.25, 0.3) is 5.56 Å². The summed E-state index contributed by atoms with van der Waals surface area (Å²) in [7, 11) is 0. The number of rotatable bonds is 3. The fourth-order valence-corrected chi connectivity index (χ4v) is 4.17. The van der Waals surface area contributed by atoms with Gasteiger partial charge in [0.05, 0.1) is 27.3 Å². The van der Waals surface area contributed by atoms with Crippen LogP contribution in [0.4, 0.5) is 5.82 Å². The quantitative estimate of drug-likeness (QED) is 0.392. The van der Waals surface area contributed by atoms with Crippen LogP contribution in [-0.4, -0.2) is 40.9 Å². The third kappa shape index (κ3) is 3.02. The average molecular weight is 468 g/mol. The monoisotopic (exact) mass is 467 g/mol. The number of pyridine rings is 1. The highest BCUT2D eigenvalue weighted by molar-refractivity contribution is 6.32. The molecule has 3 aromatic carbocycles. The van der Waals surface area contributed by atoms with Gasteiger partial charge in [0.2, 0.25) is 11.5 Å². The Kier molecular flexibility index (Phi) is 4.56. The molecule has 0 saturated carbocycles. The predicted molar refractivity (Wildman–Crippen MR) is 130 cm³/mol. The summed E-state index contributed by atoms with van der Waals surface area (Å²) >= 11 is 6.35. The third-order valence-corrected chi connectivity index (χ3v) is 5.84. The SMILES string of the molecule is O=c1c2ccccc2c(C=Nc2nc3ccccc3n3nnnc23)c(O)n1-c1ccccc1Cl. The van der Waals surface area contributed by atoms with Crippen molar-refractivity contribution in [1.82, 2.24) is 29.6 Å². The second kappa shape index (κ2) is 7.75. The second-order valence-electron chi connectivity index (χ2n) is 7.47. The van der Waals surface area contributed by atoms with E-state index in [0.29, 0.717) is 38.2 Å². The van der Waals surface area contributed by atoms with Gasteiger partial charge in [-0.05, 0) is 40.8 Å². The van der Waals surface area contributed by atoms with Gasteiger partial charge in [-0.15, -0.1) is 5.10 Å². The van der Waals surface area contributed by atoms with Gasteiger partial charge in [0, 0.05) is 17.0 Å². The van der Waals surface area contributed by atoms with Crippen molar-refractivity contribution in [2.24, 2.45) is 4.99 Å². The van der Waals surface area contributed by atoms with E-state index in [1.54, 1.807) is 53.0 Å². The van der Waals surface area contributed by atoms with Crippen molar-refractivity contribution in [1.29, 1.82) is 0 Å². The van der Waals surface area contributed by atoms with Gasteiger partial charge < -0.3 is 5.11 Å². The van der Waals surface area contributed by atoms with Crippen molar-refractivity contribution < 1.29 is 5.11 Å². The lowest BCUT2D eigenvalue weighted by atomic mass is 10.1. The van der Waals surface area contributed by atoms with Gasteiger partial charge in [0.1, 0.15) is 0 Å². The van der Waals surface area contributed by atoms with Crippen LogP contribution in [0.15, 0.2) is 82.6 Å². The highest BCUT2D eigenvalue weighted by Crippen LogP contribution is 2.29. The Hall–Kier alpha value is -4.63. The van der Waals surface area contributed by atoms with Crippen molar-refractivity contribution in [3.05, 3.63) is 93.7 Å². The van der Waals surface area contributed by atoms with Gasteiger partial charge in [-0.2, -0.15) is 4.52 Å². The molecule has 0 bridgehead atoms. The van der Waals surface area contributed by atoms with Crippen molar-refractivity contribution in [3.63, 3.8) is 0 Å². The number of hydrogen-bond acceptors (Lipinski definition) is 7. The Morgan fingerprint density at radius 1 is 0.941 bits per heavy atom. The second-order valence-corrected chi connectivity index (χ2v) is 7.88. The minimum absolute atomic E-state index is 0.266. The summed E-state index contributed by atoms with van der Waals surface area (Å²) in [6, 6.07) is 21.2. The first kappa shape index (κ1) is 20.0. The topological polar surface area (TPSA) is 111 Å². The maximum atomic E-state index is 13.3.